The predicted molar refractivity (Wildman–Crippen MR) is 263 cm³/mol. The van der Waals surface area contributed by atoms with Crippen molar-refractivity contribution in [2.75, 3.05) is 4.90 Å². The van der Waals surface area contributed by atoms with Gasteiger partial charge in [0.1, 0.15) is 0 Å². The van der Waals surface area contributed by atoms with Crippen molar-refractivity contribution in [2.24, 2.45) is 0 Å². The van der Waals surface area contributed by atoms with Crippen LogP contribution in [-0.2, 0) is 5.41 Å². The third-order valence-corrected chi connectivity index (χ3v) is 12.8. The number of rotatable bonds is 8. The molecule has 1 aliphatic rings. The zero-order valence-corrected chi connectivity index (χ0v) is 35.0. The topological polar surface area (TPSA) is 3.24 Å². The van der Waals surface area contributed by atoms with Gasteiger partial charge in [-0.15, -0.1) is 0 Å². The predicted octanol–water partition coefficient (Wildman–Crippen LogP) is 17.0. The van der Waals surface area contributed by atoms with Crippen molar-refractivity contribution < 1.29 is 0 Å². The fourth-order valence-electron chi connectivity index (χ4n) is 9.81. The summed E-state index contributed by atoms with van der Waals surface area (Å²) in [6, 6.07) is 86.5. The van der Waals surface area contributed by atoms with E-state index in [4.69, 9.17) is 0 Å². The Morgan fingerprint density at radius 1 is 0.290 bits per heavy atom. The van der Waals surface area contributed by atoms with Gasteiger partial charge < -0.3 is 4.90 Å². The maximum atomic E-state index is 2.40. The highest BCUT2D eigenvalue weighted by atomic mass is 15.1. The molecule has 0 aromatic heterocycles. The molecule has 0 saturated heterocycles. The molecule has 0 aliphatic heterocycles. The summed E-state index contributed by atoms with van der Waals surface area (Å²) in [5.41, 5.74) is 20.8. The van der Waals surface area contributed by atoms with Gasteiger partial charge in [0.25, 0.3) is 0 Å². The number of nitrogens with zero attached hydrogens (tertiary/aromatic N) is 1. The second-order valence-electron chi connectivity index (χ2n) is 16.9. The first-order valence-electron chi connectivity index (χ1n) is 21.6. The van der Waals surface area contributed by atoms with Crippen molar-refractivity contribution in [3.63, 3.8) is 0 Å². The maximum Gasteiger partial charge on any atom is 0.0467 e. The number of hydrogen-bond acceptors (Lipinski definition) is 1. The zero-order valence-electron chi connectivity index (χ0n) is 35.0. The van der Waals surface area contributed by atoms with Crippen LogP contribution >= 0.6 is 0 Å². The van der Waals surface area contributed by atoms with Crippen LogP contribution in [0, 0.1) is 0 Å². The minimum absolute atomic E-state index is 0.0977. The highest BCUT2D eigenvalue weighted by Gasteiger charge is 2.37. The van der Waals surface area contributed by atoms with Crippen LogP contribution < -0.4 is 4.90 Å². The van der Waals surface area contributed by atoms with Gasteiger partial charge in [-0.05, 0) is 143 Å². The van der Waals surface area contributed by atoms with E-state index in [0.717, 1.165) is 17.1 Å². The van der Waals surface area contributed by atoms with Crippen molar-refractivity contribution in [2.45, 2.75) is 19.3 Å². The summed E-state index contributed by atoms with van der Waals surface area (Å²) >= 11 is 0. The molecule has 0 amide bonds. The van der Waals surface area contributed by atoms with Gasteiger partial charge in [-0.2, -0.15) is 0 Å². The average molecular weight is 792 g/mol. The summed E-state index contributed by atoms with van der Waals surface area (Å²) in [6.07, 6.45) is 0. The molecule has 0 radical (unpaired) electrons. The molecule has 0 bridgehead atoms. The molecule has 10 aromatic rings. The third-order valence-electron chi connectivity index (χ3n) is 12.8. The molecule has 0 N–H and O–H groups in total. The molecule has 10 aromatic carbocycles. The Bertz CT molecular complexity index is 3170. The van der Waals surface area contributed by atoms with E-state index >= 15 is 0 Å². The summed E-state index contributed by atoms with van der Waals surface area (Å²) in [7, 11) is 0. The first kappa shape index (κ1) is 37.3. The summed E-state index contributed by atoms with van der Waals surface area (Å²) in [4.78, 5) is 2.40. The number of anilines is 3. The number of fused-ring (bicyclic) bond motifs is 4. The first-order chi connectivity index (χ1) is 30.5. The summed E-state index contributed by atoms with van der Waals surface area (Å²) in [6.45, 7) is 4.73. The highest BCUT2D eigenvalue weighted by molar-refractivity contribution is 5.98. The van der Waals surface area contributed by atoms with Crippen LogP contribution in [0.2, 0.25) is 0 Å². The van der Waals surface area contributed by atoms with Gasteiger partial charge in [-0.3, -0.25) is 0 Å². The number of benzene rings is 10. The lowest BCUT2D eigenvalue weighted by Gasteiger charge is -2.27. The molecule has 0 unspecified atom stereocenters. The van der Waals surface area contributed by atoms with Gasteiger partial charge >= 0.3 is 0 Å². The molecule has 0 fully saturated rings. The Morgan fingerprint density at radius 2 is 0.758 bits per heavy atom. The van der Waals surface area contributed by atoms with Crippen molar-refractivity contribution >= 4 is 27.8 Å². The van der Waals surface area contributed by atoms with Gasteiger partial charge in [-0.1, -0.05) is 196 Å². The quantitative estimate of drug-likeness (QED) is 0.148. The van der Waals surface area contributed by atoms with Crippen LogP contribution in [0.4, 0.5) is 17.1 Å². The summed E-state index contributed by atoms with van der Waals surface area (Å²) in [5, 5.41) is 2.49. The second-order valence-corrected chi connectivity index (χ2v) is 16.9. The van der Waals surface area contributed by atoms with E-state index < -0.39 is 0 Å². The minimum Gasteiger partial charge on any atom is -0.310 e. The van der Waals surface area contributed by atoms with Crippen LogP contribution in [-0.4, -0.2) is 0 Å². The summed E-state index contributed by atoms with van der Waals surface area (Å²) in [5.74, 6) is 0. The molecule has 0 atom stereocenters. The second kappa shape index (κ2) is 15.4. The molecular weight excluding hydrogens is 747 g/mol. The fraction of sp³-hybridized carbons (Fsp3) is 0.0492. The molecule has 1 heteroatoms. The van der Waals surface area contributed by atoms with Crippen molar-refractivity contribution in [1.29, 1.82) is 0 Å². The van der Waals surface area contributed by atoms with E-state index in [1.807, 2.05) is 0 Å². The van der Waals surface area contributed by atoms with Gasteiger partial charge in [-0.25, -0.2) is 0 Å². The SMILES string of the molecule is CC1(C)c2ccccc2-c2cccc(-c3ccc(N(c4ccc(-c5cc(-c6ccccc6)cc(-c6ccccc6)c5)cc4)c4cccc(-c5cccc6ccccc56)c4)cc3)c21. The Morgan fingerprint density at radius 3 is 1.44 bits per heavy atom. The van der Waals surface area contributed by atoms with Crippen LogP contribution in [0.25, 0.3) is 77.5 Å². The standard InChI is InChI=1S/C61H45N/c1-61(2)59-29-12-11-25-57(59)58-28-15-27-56(60(58)61)46-32-36-52(37-33-46)62(53-23-13-22-47(41-53)55-26-14-21-45-20-9-10-24-54(45)55)51-34-30-44(31-35-51)50-39-48(42-16-5-3-6-17-42)38-49(40-50)43-18-7-4-8-19-43/h3-41H,1-2H3. The molecule has 11 rings (SSSR count). The Kier molecular flexibility index (Phi) is 9.24. The Balaban J connectivity index is 1.02. The normalized spacial score (nSPS) is 12.5. The minimum atomic E-state index is -0.0977. The lowest BCUT2D eigenvalue weighted by atomic mass is 9.79. The zero-order chi connectivity index (χ0) is 41.6. The average Bonchev–Trinajstić information content (AvgIpc) is 3.58. The molecule has 0 heterocycles. The van der Waals surface area contributed by atoms with E-state index in [0.29, 0.717) is 0 Å². The van der Waals surface area contributed by atoms with Crippen LogP contribution in [0.15, 0.2) is 237 Å². The van der Waals surface area contributed by atoms with Crippen molar-refractivity contribution in [3.05, 3.63) is 248 Å². The molecule has 1 aliphatic carbocycles. The van der Waals surface area contributed by atoms with Gasteiger partial charge in [0.05, 0.1) is 0 Å². The third kappa shape index (κ3) is 6.60. The van der Waals surface area contributed by atoms with Gasteiger partial charge in [0, 0.05) is 22.5 Å². The summed E-state index contributed by atoms with van der Waals surface area (Å²) < 4.78 is 0. The molecule has 62 heavy (non-hydrogen) atoms. The monoisotopic (exact) mass is 791 g/mol. The lowest BCUT2D eigenvalue weighted by Crippen LogP contribution is -2.16. The Hall–Kier alpha value is -7.74. The van der Waals surface area contributed by atoms with Crippen molar-refractivity contribution in [3.8, 4) is 66.8 Å². The van der Waals surface area contributed by atoms with E-state index in [2.05, 4.69) is 255 Å². The molecular formula is C61H45N. The largest absolute Gasteiger partial charge is 0.310 e. The fourth-order valence-corrected chi connectivity index (χ4v) is 9.81. The van der Waals surface area contributed by atoms with E-state index in [-0.39, 0.29) is 5.41 Å². The number of hydrogen-bond donors (Lipinski definition) is 0. The van der Waals surface area contributed by atoms with Crippen LogP contribution in [0.3, 0.4) is 0 Å². The lowest BCUT2D eigenvalue weighted by molar-refractivity contribution is 0.662. The molecule has 294 valence electrons. The van der Waals surface area contributed by atoms with Gasteiger partial charge in [0.15, 0.2) is 0 Å². The maximum absolute atomic E-state index is 2.40. The van der Waals surface area contributed by atoms with E-state index in [9.17, 15) is 0 Å². The van der Waals surface area contributed by atoms with Crippen molar-refractivity contribution in [1.82, 2.24) is 0 Å². The van der Waals surface area contributed by atoms with Crippen LogP contribution in [0.1, 0.15) is 25.0 Å². The molecule has 1 nitrogen and oxygen atoms in total. The highest BCUT2D eigenvalue weighted by Crippen LogP contribution is 2.52. The van der Waals surface area contributed by atoms with E-state index in [1.54, 1.807) is 0 Å². The van der Waals surface area contributed by atoms with E-state index in [1.165, 1.54) is 88.7 Å². The Labute approximate surface area is 364 Å². The van der Waals surface area contributed by atoms with Gasteiger partial charge in [0.2, 0.25) is 0 Å². The molecule has 0 spiro atoms. The smallest absolute Gasteiger partial charge is 0.0467 e. The van der Waals surface area contributed by atoms with Crippen LogP contribution in [0.5, 0.6) is 0 Å². The molecule has 0 saturated carbocycles. The first-order valence-corrected chi connectivity index (χ1v) is 21.6.